The van der Waals surface area contributed by atoms with E-state index in [1.165, 1.54) is 5.56 Å². The quantitative estimate of drug-likeness (QED) is 0.392. The van der Waals surface area contributed by atoms with E-state index in [0.29, 0.717) is 17.4 Å². The van der Waals surface area contributed by atoms with Gasteiger partial charge in [0, 0.05) is 11.8 Å². The zero-order valence-corrected chi connectivity index (χ0v) is 19.7. The zero-order valence-electron chi connectivity index (χ0n) is 19.7. The van der Waals surface area contributed by atoms with Crippen LogP contribution in [0.4, 0.5) is 5.69 Å². The number of aryl methyl sites for hydroxylation is 4. The Morgan fingerprint density at radius 1 is 0.875 bits per heavy atom. The van der Waals surface area contributed by atoms with Crippen LogP contribution in [-0.4, -0.2) is 22.4 Å². The van der Waals surface area contributed by atoms with Crippen LogP contribution in [0.1, 0.15) is 48.2 Å². The molecule has 0 saturated heterocycles. The minimum atomic E-state index is 0.506. The Morgan fingerprint density at radius 2 is 1.50 bits per heavy atom. The zero-order chi connectivity index (χ0) is 23.4. The van der Waals surface area contributed by atoms with Crippen LogP contribution in [-0.2, 0) is 0 Å². The fraction of sp³-hybridized carbons (Fsp3) is 0.320. The smallest absolute Gasteiger partial charge is 0.143 e. The van der Waals surface area contributed by atoms with Gasteiger partial charge in [0.05, 0.1) is 35.4 Å². The maximum absolute atomic E-state index is 5.77. The minimum absolute atomic E-state index is 0.506. The van der Waals surface area contributed by atoms with Crippen LogP contribution in [0.3, 0.4) is 0 Å². The van der Waals surface area contributed by atoms with Gasteiger partial charge in [-0.1, -0.05) is 36.3 Å². The van der Waals surface area contributed by atoms with Crippen molar-refractivity contribution >= 4 is 5.69 Å². The number of aromatic nitrogens is 3. The third-order valence-corrected chi connectivity index (χ3v) is 5.30. The van der Waals surface area contributed by atoms with Crippen LogP contribution >= 0.6 is 0 Å². The second-order valence-corrected chi connectivity index (χ2v) is 7.99. The Hall–Kier alpha value is -3.61. The molecule has 3 aromatic heterocycles. The fourth-order valence-corrected chi connectivity index (χ4v) is 3.51. The molecule has 0 aliphatic rings. The molecule has 2 N–H and O–H groups in total. The molecule has 0 aliphatic heterocycles. The molecule has 0 spiro atoms. The summed E-state index contributed by atoms with van der Waals surface area (Å²) in [4.78, 5) is 4.46. The Balaban J connectivity index is 0.000000181. The van der Waals surface area contributed by atoms with Crippen LogP contribution in [0, 0.1) is 27.7 Å². The molecule has 0 atom stereocenters. The summed E-state index contributed by atoms with van der Waals surface area (Å²) < 4.78 is 15.5. The molecule has 0 unspecified atom stereocenters. The number of nitrogen functional groups attached to an aromatic ring is 1. The highest BCUT2D eigenvalue weighted by atomic mass is 16.5. The number of anilines is 1. The molecule has 0 aliphatic carbocycles. The number of nitrogens with zero attached hydrogens (tertiary/aromatic N) is 3. The van der Waals surface area contributed by atoms with Crippen LogP contribution in [0.2, 0.25) is 0 Å². The second-order valence-electron chi connectivity index (χ2n) is 7.99. The first-order chi connectivity index (χ1) is 15.2. The van der Waals surface area contributed by atoms with Gasteiger partial charge >= 0.3 is 0 Å². The minimum Gasteiger partial charge on any atom is -0.495 e. The second kappa shape index (κ2) is 9.68. The highest BCUT2D eigenvalue weighted by molar-refractivity contribution is 5.72. The predicted octanol–water partition coefficient (Wildman–Crippen LogP) is 6.03. The van der Waals surface area contributed by atoms with E-state index in [1.54, 1.807) is 7.11 Å². The van der Waals surface area contributed by atoms with E-state index in [4.69, 9.17) is 19.5 Å². The molecule has 4 rings (SSSR count). The van der Waals surface area contributed by atoms with Gasteiger partial charge in [0.15, 0.2) is 0 Å². The Morgan fingerprint density at radius 3 is 1.97 bits per heavy atom. The van der Waals surface area contributed by atoms with Crippen molar-refractivity contribution in [3.63, 3.8) is 0 Å². The van der Waals surface area contributed by atoms with Crippen LogP contribution in [0.25, 0.3) is 22.4 Å². The molecule has 4 aromatic rings. The van der Waals surface area contributed by atoms with Gasteiger partial charge < -0.3 is 19.5 Å². The molecule has 0 saturated carbocycles. The van der Waals surface area contributed by atoms with Crippen molar-refractivity contribution in [2.24, 2.45) is 0 Å². The SMILES string of the molecule is COc1cc(-c2c(C)noc2C)ccc1N.Cc1noc(C)c1-c1ccc(C(C)C)cn1. The highest BCUT2D eigenvalue weighted by Gasteiger charge is 2.13. The molecule has 0 bridgehead atoms. The summed E-state index contributed by atoms with van der Waals surface area (Å²) >= 11 is 0. The molecule has 7 heteroatoms. The van der Waals surface area contributed by atoms with Gasteiger partial charge in [-0.2, -0.15) is 0 Å². The maximum atomic E-state index is 5.77. The van der Waals surface area contributed by atoms with E-state index in [-0.39, 0.29) is 0 Å². The number of rotatable bonds is 4. The van der Waals surface area contributed by atoms with E-state index < -0.39 is 0 Å². The first kappa shape index (κ1) is 23.1. The number of hydrogen-bond donors (Lipinski definition) is 1. The Labute approximate surface area is 188 Å². The van der Waals surface area contributed by atoms with Crippen molar-refractivity contribution in [1.82, 2.24) is 15.3 Å². The van der Waals surface area contributed by atoms with E-state index in [2.05, 4.69) is 35.2 Å². The van der Waals surface area contributed by atoms with Gasteiger partial charge in [0.1, 0.15) is 17.3 Å². The summed E-state index contributed by atoms with van der Waals surface area (Å²) in [5, 5.41) is 7.86. The van der Waals surface area contributed by atoms with Gasteiger partial charge in [-0.25, -0.2) is 0 Å². The lowest BCUT2D eigenvalue weighted by Crippen LogP contribution is -1.93. The summed E-state index contributed by atoms with van der Waals surface area (Å²) in [5.41, 5.74) is 13.3. The first-order valence-electron chi connectivity index (χ1n) is 10.5. The fourth-order valence-electron chi connectivity index (χ4n) is 3.51. The lowest BCUT2D eigenvalue weighted by molar-refractivity contribution is 0.393. The molecule has 0 amide bonds. The largest absolute Gasteiger partial charge is 0.495 e. The Bertz CT molecular complexity index is 1150. The molecule has 0 radical (unpaired) electrons. The molecular formula is C25H30N4O3. The number of benzene rings is 1. The third kappa shape index (κ3) is 4.82. The van der Waals surface area contributed by atoms with Gasteiger partial charge in [-0.3, -0.25) is 4.98 Å². The van der Waals surface area contributed by atoms with Gasteiger partial charge in [0.2, 0.25) is 0 Å². The topological polar surface area (TPSA) is 100 Å². The molecule has 168 valence electrons. The molecule has 32 heavy (non-hydrogen) atoms. The number of pyridine rings is 1. The van der Waals surface area contributed by atoms with Crippen LogP contribution in [0.15, 0.2) is 45.6 Å². The van der Waals surface area contributed by atoms with Crippen molar-refractivity contribution in [3.05, 3.63) is 65.0 Å². The molecule has 3 heterocycles. The van der Waals surface area contributed by atoms with Crippen molar-refractivity contribution in [2.45, 2.75) is 47.5 Å². The average molecular weight is 435 g/mol. The summed E-state index contributed by atoms with van der Waals surface area (Å²) in [6, 6.07) is 9.78. The molecule has 1 aromatic carbocycles. The predicted molar refractivity (Wildman–Crippen MR) is 126 cm³/mol. The lowest BCUT2D eigenvalue weighted by atomic mass is 10.0. The summed E-state index contributed by atoms with van der Waals surface area (Å²) in [6.07, 6.45) is 1.92. The average Bonchev–Trinajstić information content (AvgIpc) is 3.29. The van der Waals surface area contributed by atoms with Crippen LogP contribution in [0.5, 0.6) is 5.75 Å². The summed E-state index contributed by atoms with van der Waals surface area (Å²) in [7, 11) is 1.60. The highest BCUT2D eigenvalue weighted by Crippen LogP contribution is 2.32. The molecular weight excluding hydrogens is 404 g/mol. The van der Waals surface area contributed by atoms with Crippen molar-refractivity contribution in [2.75, 3.05) is 12.8 Å². The summed E-state index contributed by atoms with van der Waals surface area (Å²) in [6.45, 7) is 12.0. The van der Waals surface area contributed by atoms with E-state index in [1.807, 2.05) is 58.2 Å². The maximum Gasteiger partial charge on any atom is 0.143 e. The van der Waals surface area contributed by atoms with Gasteiger partial charge in [0.25, 0.3) is 0 Å². The monoisotopic (exact) mass is 434 g/mol. The number of ether oxygens (including phenoxy) is 1. The summed E-state index contributed by atoms with van der Waals surface area (Å²) in [5.74, 6) is 2.79. The standard InChI is InChI=1S/C13H16N2O.C12H14N2O2/c1-8(2)11-5-6-12(14-7-11)13-9(3)15-16-10(13)4;1-7-12(8(2)16-14-7)9-4-5-10(13)11(6-9)15-3/h5-8H,1-4H3;4-6H,13H2,1-3H3. The van der Waals surface area contributed by atoms with Crippen molar-refractivity contribution in [1.29, 1.82) is 0 Å². The van der Waals surface area contributed by atoms with E-state index in [0.717, 1.165) is 45.3 Å². The number of nitrogens with two attached hydrogens (primary N) is 1. The van der Waals surface area contributed by atoms with Gasteiger partial charge in [-0.05, 0) is 62.9 Å². The number of hydrogen-bond acceptors (Lipinski definition) is 7. The van der Waals surface area contributed by atoms with Crippen molar-refractivity contribution < 1.29 is 13.8 Å². The molecule has 0 fully saturated rings. The Kier molecular flexibility index (Phi) is 6.98. The van der Waals surface area contributed by atoms with Gasteiger partial charge in [-0.15, -0.1) is 0 Å². The first-order valence-corrected chi connectivity index (χ1v) is 10.5. The van der Waals surface area contributed by atoms with Crippen LogP contribution < -0.4 is 10.5 Å². The third-order valence-electron chi connectivity index (χ3n) is 5.30. The van der Waals surface area contributed by atoms with Crippen molar-refractivity contribution in [3.8, 4) is 28.1 Å². The van der Waals surface area contributed by atoms with E-state index in [9.17, 15) is 0 Å². The normalized spacial score (nSPS) is 10.8. The number of methoxy groups -OCH3 is 1. The molecule has 7 nitrogen and oxygen atoms in total. The van der Waals surface area contributed by atoms with E-state index >= 15 is 0 Å². The lowest BCUT2D eigenvalue weighted by Gasteiger charge is -2.07.